The van der Waals surface area contributed by atoms with Crippen LogP contribution in [0.15, 0.2) is 18.2 Å². The van der Waals surface area contributed by atoms with E-state index in [1.807, 2.05) is 0 Å². The first-order chi connectivity index (χ1) is 16.5. The highest BCUT2D eigenvalue weighted by atomic mass is 19.4. The standard InChI is InChI=1S/C25H35F3N2O6/c1-7-35-22(32)24(5,6)19(15-30(33)34)18-9-8-17(25(26,27)28)14-20(18)29-12-10-16(11-13-29)21(31)36-23(2,3)4/h8-9,14,16,19H,7,10-13,15H2,1-6H3. The molecule has 0 amide bonds. The van der Waals surface area contributed by atoms with Gasteiger partial charge in [-0.2, -0.15) is 13.2 Å². The van der Waals surface area contributed by atoms with Crippen LogP contribution in [0.3, 0.4) is 0 Å². The molecule has 1 aromatic rings. The van der Waals surface area contributed by atoms with Crippen molar-refractivity contribution in [1.29, 1.82) is 0 Å². The molecule has 2 rings (SSSR count). The molecule has 0 radical (unpaired) electrons. The van der Waals surface area contributed by atoms with Gasteiger partial charge in [0, 0.05) is 23.7 Å². The zero-order valence-electron chi connectivity index (χ0n) is 21.6. The van der Waals surface area contributed by atoms with E-state index in [0.29, 0.717) is 12.8 Å². The van der Waals surface area contributed by atoms with Crippen LogP contribution in [0.4, 0.5) is 18.9 Å². The highest BCUT2D eigenvalue weighted by Gasteiger charge is 2.44. The average Bonchev–Trinajstić information content (AvgIpc) is 2.75. The van der Waals surface area contributed by atoms with Crippen LogP contribution in [0.25, 0.3) is 0 Å². The lowest BCUT2D eigenvalue weighted by atomic mass is 9.73. The second kappa shape index (κ2) is 11.0. The van der Waals surface area contributed by atoms with E-state index >= 15 is 0 Å². The summed E-state index contributed by atoms with van der Waals surface area (Å²) in [6, 6.07) is 3.06. The minimum Gasteiger partial charge on any atom is -0.466 e. The predicted molar refractivity (Wildman–Crippen MR) is 127 cm³/mol. The van der Waals surface area contributed by atoms with Gasteiger partial charge in [-0.1, -0.05) is 6.07 Å². The molecule has 0 aliphatic carbocycles. The SMILES string of the molecule is CCOC(=O)C(C)(C)C(C[N+](=O)[O-])c1ccc(C(F)(F)F)cc1N1CCC(C(=O)OC(C)(C)C)CC1. The van der Waals surface area contributed by atoms with Crippen LogP contribution in [0.1, 0.15) is 71.4 Å². The highest BCUT2D eigenvalue weighted by Crippen LogP contribution is 2.44. The van der Waals surface area contributed by atoms with Crippen LogP contribution in [-0.2, 0) is 25.2 Å². The van der Waals surface area contributed by atoms with Gasteiger partial charge in [-0.15, -0.1) is 0 Å². The zero-order chi connectivity index (χ0) is 27.5. The molecular formula is C25H35F3N2O6. The number of anilines is 1. The lowest BCUT2D eigenvalue weighted by Gasteiger charge is -2.38. The molecule has 8 nitrogen and oxygen atoms in total. The second-order valence-corrected chi connectivity index (χ2v) is 10.6. The summed E-state index contributed by atoms with van der Waals surface area (Å²) in [6.07, 6.45) is -3.92. The van der Waals surface area contributed by atoms with E-state index in [-0.39, 0.29) is 36.9 Å². The number of carbonyl (C=O) groups excluding carboxylic acids is 2. The third-order valence-electron chi connectivity index (χ3n) is 6.31. The molecule has 1 aliphatic heterocycles. The van der Waals surface area contributed by atoms with E-state index in [1.165, 1.54) is 19.9 Å². The van der Waals surface area contributed by atoms with E-state index in [4.69, 9.17) is 9.47 Å². The van der Waals surface area contributed by atoms with Crippen LogP contribution in [0, 0.1) is 21.4 Å². The van der Waals surface area contributed by atoms with Crippen LogP contribution >= 0.6 is 0 Å². The lowest BCUT2D eigenvalue weighted by Crippen LogP contribution is -2.41. The quantitative estimate of drug-likeness (QED) is 0.266. The number of halogens is 3. The number of nitro groups is 1. The number of hydrogen-bond donors (Lipinski definition) is 0. The Hall–Kier alpha value is -2.85. The molecule has 1 atom stereocenters. The first-order valence-electron chi connectivity index (χ1n) is 11.9. The molecule has 0 bridgehead atoms. The molecule has 1 aromatic carbocycles. The van der Waals surface area contributed by atoms with Gasteiger partial charge in [0.25, 0.3) is 0 Å². The van der Waals surface area contributed by atoms with Crippen molar-refractivity contribution in [3.05, 3.63) is 39.4 Å². The number of ether oxygens (including phenoxy) is 2. The number of esters is 2. The number of benzene rings is 1. The van der Waals surface area contributed by atoms with Crippen molar-refractivity contribution in [3.8, 4) is 0 Å². The smallest absolute Gasteiger partial charge is 0.416 e. The summed E-state index contributed by atoms with van der Waals surface area (Å²) in [5.74, 6) is -2.49. The molecular weight excluding hydrogens is 481 g/mol. The minimum absolute atomic E-state index is 0.0610. The summed E-state index contributed by atoms with van der Waals surface area (Å²) in [7, 11) is 0. The third-order valence-corrected chi connectivity index (χ3v) is 6.31. The van der Waals surface area contributed by atoms with Gasteiger partial charge in [0.1, 0.15) is 5.60 Å². The van der Waals surface area contributed by atoms with Gasteiger partial charge in [0.2, 0.25) is 6.54 Å². The largest absolute Gasteiger partial charge is 0.466 e. The van der Waals surface area contributed by atoms with Crippen LogP contribution in [0.5, 0.6) is 0 Å². The Kier molecular flexibility index (Phi) is 9.01. The van der Waals surface area contributed by atoms with Crippen molar-refractivity contribution >= 4 is 17.6 Å². The summed E-state index contributed by atoms with van der Waals surface area (Å²) in [6.45, 7) is 9.77. The summed E-state index contributed by atoms with van der Waals surface area (Å²) >= 11 is 0. The molecule has 0 saturated carbocycles. The Bertz CT molecular complexity index is 964. The van der Waals surface area contributed by atoms with Crippen molar-refractivity contribution in [2.45, 2.75) is 72.1 Å². The topological polar surface area (TPSA) is 99.0 Å². The van der Waals surface area contributed by atoms with Gasteiger partial charge >= 0.3 is 18.1 Å². The van der Waals surface area contributed by atoms with Gasteiger partial charge in [-0.05, 0) is 72.1 Å². The fourth-order valence-corrected chi connectivity index (χ4v) is 4.35. The molecule has 0 N–H and O–H groups in total. The van der Waals surface area contributed by atoms with Crippen molar-refractivity contribution in [1.82, 2.24) is 0 Å². The van der Waals surface area contributed by atoms with Gasteiger partial charge in [-0.3, -0.25) is 19.7 Å². The molecule has 1 fully saturated rings. The van der Waals surface area contributed by atoms with E-state index in [0.717, 1.165) is 12.1 Å². The summed E-state index contributed by atoms with van der Waals surface area (Å²) in [4.78, 5) is 37.9. The van der Waals surface area contributed by atoms with Crippen molar-refractivity contribution in [2.24, 2.45) is 11.3 Å². The van der Waals surface area contributed by atoms with Crippen molar-refractivity contribution in [3.63, 3.8) is 0 Å². The third kappa shape index (κ3) is 7.33. The lowest BCUT2D eigenvalue weighted by molar-refractivity contribution is -0.485. The summed E-state index contributed by atoms with van der Waals surface area (Å²) < 4.78 is 51.4. The Morgan fingerprint density at radius 2 is 1.72 bits per heavy atom. The monoisotopic (exact) mass is 516 g/mol. The maximum atomic E-state index is 13.6. The number of nitrogens with zero attached hydrogens (tertiary/aromatic N) is 2. The van der Waals surface area contributed by atoms with E-state index in [2.05, 4.69) is 0 Å². The molecule has 1 heterocycles. The Morgan fingerprint density at radius 3 is 2.19 bits per heavy atom. The number of carbonyl (C=O) groups is 2. The fraction of sp³-hybridized carbons (Fsp3) is 0.680. The fourth-order valence-electron chi connectivity index (χ4n) is 4.35. The zero-order valence-corrected chi connectivity index (χ0v) is 21.6. The van der Waals surface area contributed by atoms with Crippen LogP contribution < -0.4 is 4.90 Å². The molecule has 1 saturated heterocycles. The van der Waals surface area contributed by atoms with Crippen LogP contribution in [0.2, 0.25) is 0 Å². The molecule has 202 valence electrons. The van der Waals surface area contributed by atoms with Gasteiger partial charge < -0.3 is 14.4 Å². The van der Waals surface area contributed by atoms with E-state index < -0.39 is 52.0 Å². The van der Waals surface area contributed by atoms with Gasteiger partial charge in [-0.25, -0.2) is 0 Å². The maximum absolute atomic E-state index is 13.6. The van der Waals surface area contributed by atoms with E-state index in [1.54, 1.807) is 32.6 Å². The molecule has 1 unspecified atom stereocenters. The second-order valence-electron chi connectivity index (χ2n) is 10.6. The average molecular weight is 517 g/mol. The predicted octanol–water partition coefficient (Wildman–Crippen LogP) is 5.21. The Morgan fingerprint density at radius 1 is 1.14 bits per heavy atom. The normalized spacial score (nSPS) is 16.4. The molecule has 1 aliphatic rings. The Labute approximate surface area is 209 Å². The Balaban J connectivity index is 2.49. The molecule has 0 aromatic heterocycles. The number of piperidine rings is 1. The summed E-state index contributed by atoms with van der Waals surface area (Å²) in [5, 5.41) is 11.6. The molecule has 36 heavy (non-hydrogen) atoms. The minimum atomic E-state index is -4.63. The first-order valence-corrected chi connectivity index (χ1v) is 11.9. The number of hydrogen-bond acceptors (Lipinski definition) is 7. The first kappa shape index (κ1) is 29.4. The molecule has 11 heteroatoms. The molecule has 0 spiro atoms. The highest BCUT2D eigenvalue weighted by molar-refractivity contribution is 5.78. The van der Waals surface area contributed by atoms with Crippen LogP contribution in [-0.4, -0.2) is 48.7 Å². The number of rotatable bonds is 8. The van der Waals surface area contributed by atoms with Crippen molar-refractivity contribution in [2.75, 3.05) is 31.1 Å². The van der Waals surface area contributed by atoms with E-state index in [9.17, 15) is 32.9 Å². The van der Waals surface area contributed by atoms with Crippen molar-refractivity contribution < 1.29 is 37.2 Å². The maximum Gasteiger partial charge on any atom is 0.416 e. The van der Waals surface area contributed by atoms with Gasteiger partial charge in [0.15, 0.2) is 0 Å². The summed E-state index contributed by atoms with van der Waals surface area (Å²) in [5.41, 5.74) is -2.52. The van der Waals surface area contributed by atoms with Gasteiger partial charge in [0.05, 0.1) is 29.4 Å². The number of alkyl halides is 3.